The first-order valence-corrected chi connectivity index (χ1v) is 11.8. The first-order valence-electron chi connectivity index (χ1n) is 9.48. The van der Waals surface area contributed by atoms with Gasteiger partial charge in [0.05, 0.1) is 10.5 Å². The second-order valence-corrected chi connectivity index (χ2v) is 10.4. The van der Waals surface area contributed by atoms with Crippen LogP contribution in [0, 0.1) is 0 Å². The fraction of sp³-hybridized carbons (Fsp3) is 0.333. The average molecular weight is 432 g/mol. The lowest BCUT2D eigenvalue weighted by Crippen LogP contribution is -2.20. The van der Waals surface area contributed by atoms with Crippen molar-refractivity contribution in [3.8, 4) is 0 Å². The lowest BCUT2D eigenvalue weighted by atomic mass is 10.2. The molecule has 0 aromatic heterocycles. The Morgan fingerprint density at radius 3 is 2.45 bits per heavy atom. The van der Waals surface area contributed by atoms with Gasteiger partial charge in [0, 0.05) is 35.8 Å². The van der Waals surface area contributed by atoms with Gasteiger partial charge < -0.3 is 10.2 Å². The van der Waals surface area contributed by atoms with Gasteiger partial charge in [-0.3, -0.25) is 4.79 Å². The Hall–Kier alpha value is -2.32. The number of benzene rings is 2. The molecule has 1 N–H and O–H groups in total. The zero-order chi connectivity index (χ0) is 21.0. The van der Waals surface area contributed by atoms with E-state index in [0.717, 1.165) is 17.9 Å². The SMILES string of the molecule is CC(C)Sc1ccccc1C(=O)Nc1ccc(S(=O)(=O)/N=C2/CCCN2C)cc1. The van der Waals surface area contributed by atoms with Gasteiger partial charge in [0.15, 0.2) is 0 Å². The van der Waals surface area contributed by atoms with Crippen LogP contribution in [0.1, 0.15) is 37.0 Å². The summed E-state index contributed by atoms with van der Waals surface area (Å²) >= 11 is 1.63. The van der Waals surface area contributed by atoms with Gasteiger partial charge in [-0.1, -0.05) is 26.0 Å². The number of likely N-dealkylation sites (tertiary alicyclic amines) is 1. The van der Waals surface area contributed by atoms with Crippen molar-refractivity contribution in [2.75, 3.05) is 18.9 Å². The third-order valence-electron chi connectivity index (χ3n) is 4.46. The summed E-state index contributed by atoms with van der Waals surface area (Å²) < 4.78 is 29.0. The quantitative estimate of drug-likeness (QED) is 0.692. The van der Waals surface area contributed by atoms with Crippen LogP contribution in [-0.2, 0) is 10.0 Å². The van der Waals surface area contributed by atoms with Crippen molar-refractivity contribution in [3.05, 3.63) is 54.1 Å². The van der Waals surface area contributed by atoms with Gasteiger partial charge in [0.1, 0.15) is 5.84 Å². The standard InChI is InChI=1S/C21H25N3O3S2/c1-15(2)28-19-8-5-4-7-18(19)21(25)22-16-10-12-17(13-11-16)29(26,27)23-20-9-6-14-24(20)3/h4-5,7-8,10-13,15H,6,9,14H2,1-3H3,(H,22,25)/b23-20-. The highest BCUT2D eigenvalue weighted by atomic mass is 32.2. The molecule has 2 aromatic rings. The monoisotopic (exact) mass is 431 g/mol. The molecule has 1 amide bonds. The number of rotatable bonds is 6. The fourth-order valence-corrected chi connectivity index (χ4v) is 5.07. The van der Waals surface area contributed by atoms with Crippen LogP contribution in [0.3, 0.4) is 0 Å². The maximum atomic E-state index is 12.7. The van der Waals surface area contributed by atoms with Gasteiger partial charge in [-0.15, -0.1) is 16.2 Å². The number of amidine groups is 1. The third kappa shape index (κ3) is 5.39. The summed E-state index contributed by atoms with van der Waals surface area (Å²) in [7, 11) is -1.92. The van der Waals surface area contributed by atoms with Crippen molar-refractivity contribution in [1.82, 2.24) is 4.90 Å². The van der Waals surface area contributed by atoms with Crippen LogP contribution in [0.25, 0.3) is 0 Å². The third-order valence-corrected chi connectivity index (χ3v) is 6.86. The van der Waals surface area contributed by atoms with E-state index < -0.39 is 10.0 Å². The molecule has 1 heterocycles. The van der Waals surface area contributed by atoms with Crippen molar-refractivity contribution in [2.45, 2.75) is 41.7 Å². The number of hydrogen-bond acceptors (Lipinski definition) is 4. The van der Waals surface area contributed by atoms with Crippen LogP contribution in [0.15, 0.2) is 62.7 Å². The van der Waals surface area contributed by atoms with Gasteiger partial charge >= 0.3 is 0 Å². The number of amides is 1. The molecular weight excluding hydrogens is 406 g/mol. The van der Waals surface area contributed by atoms with Gasteiger partial charge in [0.2, 0.25) is 0 Å². The Balaban J connectivity index is 1.75. The van der Waals surface area contributed by atoms with E-state index in [1.54, 1.807) is 30.0 Å². The highest BCUT2D eigenvalue weighted by Crippen LogP contribution is 2.27. The van der Waals surface area contributed by atoms with E-state index >= 15 is 0 Å². The molecule has 1 aliphatic rings. The Morgan fingerprint density at radius 1 is 1.14 bits per heavy atom. The van der Waals surface area contributed by atoms with Crippen molar-refractivity contribution in [3.63, 3.8) is 0 Å². The predicted octanol–water partition coefficient (Wildman–Crippen LogP) is 4.25. The number of anilines is 1. The summed E-state index contributed by atoms with van der Waals surface area (Å²) in [6.07, 6.45) is 1.57. The lowest BCUT2D eigenvalue weighted by molar-refractivity contribution is 0.102. The number of thioether (sulfide) groups is 1. The molecule has 0 unspecified atom stereocenters. The highest BCUT2D eigenvalue weighted by Gasteiger charge is 2.20. The van der Waals surface area contributed by atoms with Crippen molar-refractivity contribution in [2.24, 2.45) is 4.40 Å². The van der Waals surface area contributed by atoms with Gasteiger partial charge in [-0.05, 0) is 42.8 Å². The maximum absolute atomic E-state index is 12.7. The molecule has 154 valence electrons. The number of nitrogens with zero attached hydrogens (tertiary/aromatic N) is 2. The Kier molecular flexibility index (Phi) is 6.64. The minimum Gasteiger partial charge on any atom is -0.362 e. The highest BCUT2D eigenvalue weighted by molar-refractivity contribution is 8.00. The molecule has 1 aliphatic heterocycles. The largest absolute Gasteiger partial charge is 0.362 e. The Morgan fingerprint density at radius 2 is 1.83 bits per heavy atom. The van der Waals surface area contributed by atoms with E-state index in [1.165, 1.54) is 12.1 Å². The number of sulfonamides is 1. The molecule has 6 nitrogen and oxygen atoms in total. The molecule has 0 bridgehead atoms. The molecule has 8 heteroatoms. The summed E-state index contributed by atoms with van der Waals surface area (Å²) in [6, 6.07) is 13.6. The first-order chi connectivity index (χ1) is 13.8. The minimum atomic E-state index is -3.76. The van der Waals surface area contributed by atoms with Crippen molar-refractivity contribution in [1.29, 1.82) is 0 Å². The predicted molar refractivity (Wildman–Crippen MR) is 118 cm³/mol. The molecule has 0 aliphatic carbocycles. The van der Waals surface area contributed by atoms with E-state index in [9.17, 15) is 13.2 Å². The van der Waals surface area contributed by atoms with Crippen LogP contribution >= 0.6 is 11.8 Å². The smallest absolute Gasteiger partial charge is 0.283 e. The van der Waals surface area contributed by atoms with Crippen LogP contribution in [0.4, 0.5) is 5.69 Å². The molecule has 3 rings (SSSR count). The molecule has 29 heavy (non-hydrogen) atoms. The minimum absolute atomic E-state index is 0.110. The molecule has 0 atom stereocenters. The topological polar surface area (TPSA) is 78.8 Å². The number of hydrogen-bond donors (Lipinski definition) is 1. The van der Waals surface area contributed by atoms with Gasteiger partial charge in [-0.25, -0.2) is 0 Å². The summed E-state index contributed by atoms with van der Waals surface area (Å²) in [5.74, 6) is 0.360. The second kappa shape index (κ2) is 9.00. The first kappa shape index (κ1) is 21.4. The van der Waals surface area contributed by atoms with Crippen molar-refractivity contribution >= 4 is 39.2 Å². The number of carbonyl (C=O) groups is 1. The van der Waals surface area contributed by atoms with E-state index in [0.29, 0.717) is 28.8 Å². The van der Waals surface area contributed by atoms with Crippen LogP contribution in [0.5, 0.6) is 0 Å². The summed E-state index contributed by atoms with van der Waals surface area (Å²) in [4.78, 5) is 15.6. The Bertz CT molecular complexity index is 1020. The Labute approximate surface area is 176 Å². The molecule has 0 radical (unpaired) electrons. The van der Waals surface area contributed by atoms with Crippen LogP contribution in [0.2, 0.25) is 0 Å². The van der Waals surface area contributed by atoms with E-state index in [2.05, 4.69) is 23.6 Å². The maximum Gasteiger partial charge on any atom is 0.283 e. The molecular formula is C21H25N3O3S2. The molecule has 0 saturated carbocycles. The van der Waals surface area contributed by atoms with Gasteiger partial charge in [0.25, 0.3) is 15.9 Å². The number of nitrogens with one attached hydrogen (secondary N) is 1. The average Bonchev–Trinajstić information content (AvgIpc) is 3.06. The van der Waals surface area contributed by atoms with Crippen LogP contribution in [-0.4, -0.2) is 43.9 Å². The molecule has 0 spiro atoms. The zero-order valence-corrected chi connectivity index (χ0v) is 18.4. The fourth-order valence-electron chi connectivity index (χ4n) is 3.02. The van der Waals surface area contributed by atoms with Crippen LogP contribution < -0.4 is 5.32 Å². The molecule has 1 saturated heterocycles. The van der Waals surface area contributed by atoms with E-state index in [4.69, 9.17) is 0 Å². The number of carbonyl (C=O) groups excluding carboxylic acids is 1. The molecule has 2 aromatic carbocycles. The van der Waals surface area contributed by atoms with E-state index in [-0.39, 0.29) is 10.8 Å². The lowest BCUT2D eigenvalue weighted by Gasteiger charge is -2.12. The summed E-state index contributed by atoms with van der Waals surface area (Å²) in [5, 5.41) is 3.20. The summed E-state index contributed by atoms with van der Waals surface area (Å²) in [5.41, 5.74) is 1.13. The second-order valence-electron chi connectivity index (χ2n) is 7.15. The van der Waals surface area contributed by atoms with Gasteiger partial charge in [-0.2, -0.15) is 8.42 Å². The molecule has 1 fully saturated rings. The van der Waals surface area contributed by atoms with E-state index in [1.807, 2.05) is 30.1 Å². The zero-order valence-electron chi connectivity index (χ0n) is 16.8. The van der Waals surface area contributed by atoms with Crippen molar-refractivity contribution < 1.29 is 13.2 Å². The summed E-state index contributed by atoms with van der Waals surface area (Å²) in [6.45, 7) is 4.96. The normalized spacial score (nSPS) is 15.9.